The van der Waals surface area contributed by atoms with E-state index >= 15 is 0 Å². The maximum atomic E-state index is 12.0. The van der Waals surface area contributed by atoms with Crippen LogP contribution in [0.1, 0.15) is 12.5 Å². The fourth-order valence-electron chi connectivity index (χ4n) is 1.70. The average molecular weight is 296 g/mol. The monoisotopic (exact) mass is 296 g/mol. The van der Waals surface area contributed by atoms with Crippen LogP contribution in [0.5, 0.6) is 5.75 Å². The largest absolute Gasteiger partial charge is 0.494 e. The third-order valence-corrected chi connectivity index (χ3v) is 3.91. The second kappa shape index (κ2) is 5.93. The van der Waals surface area contributed by atoms with E-state index < -0.39 is 10.0 Å². The molecule has 0 saturated carbocycles. The first-order chi connectivity index (χ1) is 9.56. The maximum Gasteiger partial charge on any atom is 0.278 e. The van der Waals surface area contributed by atoms with Crippen molar-refractivity contribution < 1.29 is 13.2 Å². The van der Waals surface area contributed by atoms with Crippen LogP contribution in [-0.4, -0.2) is 25.2 Å². The molecular weight excluding hydrogens is 280 g/mol. The van der Waals surface area contributed by atoms with E-state index in [9.17, 15) is 8.42 Å². The number of ether oxygens (including phenoxy) is 1. The highest BCUT2D eigenvalue weighted by molar-refractivity contribution is 7.92. The van der Waals surface area contributed by atoms with E-state index in [2.05, 4.69) is 14.9 Å². The second-order valence-corrected chi connectivity index (χ2v) is 5.64. The van der Waals surface area contributed by atoms with Gasteiger partial charge in [0.15, 0.2) is 5.03 Å². The minimum atomic E-state index is -3.67. The van der Waals surface area contributed by atoms with E-state index in [1.54, 1.807) is 18.2 Å². The van der Waals surface area contributed by atoms with E-state index in [0.717, 1.165) is 5.56 Å². The van der Waals surface area contributed by atoms with Gasteiger partial charge in [-0.1, -0.05) is 0 Å². The first kappa shape index (κ1) is 14.4. The summed E-state index contributed by atoms with van der Waals surface area (Å²) in [6.45, 7) is 2.65. The fraction of sp³-hybridized carbons (Fsp3) is 0.250. The Morgan fingerprint density at radius 2 is 2.20 bits per heavy atom. The number of benzene rings is 1. The van der Waals surface area contributed by atoms with E-state index in [4.69, 9.17) is 10.5 Å². The van der Waals surface area contributed by atoms with Crippen molar-refractivity contribution in [1.82, 2.24) is 10.2 Å². The Kier molecular flexibility index (Phi) is 4.26. The Balaban J connectivity index is 2.26. The minimum absolute atomic E-state index is 0.000633. The summed E-state index contributed by atoms with van der Waals surface area (Å²) in [6.07, 6.45) is 1.37. The van der Waals surface area contributed by atoms with Gasteiger partial charge in [-0.25, -0.2) is 0 Å². The molecule has 8 heteroatoms. The van der Waals surface area contributed by atoms with Gasteiger partial charge in [0.2, 0.25) is 0 Å². The summed E-state index contributed by atoms with van der Waals surface area (Å²) in [5, 5.41) is 6.03. The molecule has 0 amide bonds. The van der Waals surface area contributed by atoms with Crippen molar-refractivity contribution >= 4 is 15.7 Å². The molecule has 108 valence electrons. The molecule has 0 atom stereocenters. The van der Waals surface area contributed by atoms with Gasteiger partial charge in [-0.15, -0.1) is 0 Å². The number of anilines is 1. The van der Waals surface area contributed by atoms with Crippen molar-refractivity contribution in [2.45, 2.75) is 18.5 Å². The zero-order valence-corrected chi connectivity index (χ0v) is 11.8. The lowest BCUT2D eigenvalue weighted by atomic mass is 10.2. The number of aromatic nitrogens is 2. The number of sulfonamides is 1. The minimum Gasteiger partial charge on any atom is -0.494 e. The van der Waals surface area contributed by atoms with Gasteiger partial charge in [0.25, 0.3) is 10.0 Å². The molecule has 0 aliphatic heterocycles. The van der Waals surface area contributed by atoms with Crippen molar-refractivity contribution in [2.24, 2.45) is 5.73 Å². The van der Waals surface area contributed by atoms with Crippen LogP contribution in [0.4, 0.5) is 5.69 Å². The van der Waals surface area contributed by atoms with Gasteiger partial charge in [-0.2, -0.15) is 13.5 Å². The highest BCUT2D eigenvalue weighted by Crippen LogP contribution is 2.24. The number of hydrogen-bond acceptors (Lipinski definition) is 5. The highest BCUT2D eigenvalue weighted by Gasteiger charge is 2.16. The van der Waals surface area contributed by atoms with Gasteiger partial charge in [0, 0.05) is 17.8 Å². The number of hydrogen-bond donors (Lipinski definition) is 3. The third kappa shape index (κ3) is 3.09. The molecule has 0 bridgehead atoms. The van der Waals surface area contributed by atoms with Crippen LogP contribution in [0.15, 0.2) is 35.5 Å². The molecular formula is C12H16N4O3S. The summed E-state index contributed by atoms with van der Waals surface area (Å²) in [5.74, 6) is 0.652. The number of H-pyrrole nitrogens is 1. The molecule has 0 unspecified atom stereocenters. The quantitative estimate of drug-likeness (QED) is 0.738. The van der Waals surface area contributed by atoms with Gasteiger partial charge in [0.1, 0.15) is 5.75 Å². The van der Waals surface area contributed by atoms with Crippen molar-refractivity contribution in [3.05, 3.63) is 36.0 Å². The molecule has 0 spiro atoms. The molecule has 4 N–H and O–H groups in total. The summed E-state index contributed by atoms with van der Waals surface area (Å²) in [6, 6.07) is 6.34. The average Bonchev–Trinajstić information content (AvgIpc) is 2.95. The van der Waals surface area contributed by atoms with E-state index in [1.165, 1.54) is 12.3 Å². The zero-order chi connectivity index (χ0) is 14.6. The SMILES string of the molecule is CCOc1ccc(NS(=O)(=O)c2ccn[nH]2)cc1CN. The Labute approximate surface area is 117 Å². The lowest BCUT2D eigenvalue weighted by molar-refractivity contribution is 0.336. The maximum absolute atomic E-state index is 12.0. The van der Waals surface area contributed by atoms with Crippen LogP contribution in [0.3, 0.4) is 0 Å². The summed E-state index contributed by atoms with van der Waals surface area (Å²) in [5.41, 5.74) is 6.79. The molecule has 20 heavy (non-hydrogen) atoms. The number of nitrogens with one attached hydrogen (secondary N) is 2. The van der Waals surface area contributed by atoms with Crippen molar-refractivity contribution in [3.63, 3.8) is 0 Å². The first-order valence-electron chi connectivity index (χ1n) is 6.05. The van der Waals surface area contributed by atoms with Crippen LogP contribution in [0.2, 0.25) is 0 Å². The Morgan fingerprint density at radius 3 is 2.80 bits per heavy atom. The summed E-state index contributed by atoms with van der Waals surface area (Å²) in [7, 11) is -3.67. The molecule has 7 nitrogen and oxygen atoms in total. The second-order valence-electron chi connectivity index (χ2n) is 3.99. The number of aromatic amines is 1. The molecule has 1 heterocycles. The zero-order valence-electron chi connectivity index (χ0n) is 11.0. The Hall–Kier alpha value is -2.06. The molecule has 2 rings (SSSR count). The van der Waals surface area contributed by atoms with Crippen molar-refractivity contribution in [1.29, 1.82) is 0 Å². The number of nitrogens with zero attached hydrogens (tertiary/aromatic N) is 1. The van der Waals surface area contributed by atoms with E-state index in [0.29, 0.717) is 18.0 Å². The molecule has 0 saturated heterocycles. The number of rotatable bonds is 6. The summed E-state index contributed by atoms with van der Waals surface area (Å²) in [4.78, 5) is 0. The molecule has 0 radical (unpaired) electrons. The standard InChI is InChI=1S/C12H16N4O3S/c1-2-19-11-4-3-10(7-9(11)8-13)16-20(17,18)12-5-6-14-15-12/h3-7,16H,2,8,13H2,1H3,(H,14,15). The fourth-order valence-corrected chi connectivity index (χ4v) is 2.66. The Bertz CT molecular complexity index is 668. The predicted octanol–water partition coefficient (Wildman–Crippen LogP) is 1.07. The van der Waals surface area contributed by atoms with Crippen LogP contribution >= 0.6 is 0 Å². The van der Waals surface area contributed by atoms with Gasteiger partial charge in [-0.3, -0.25) is 9.82 Å². The molecule has 2 aromatic rings. The van der Waals surface area contributed by atoms with Crippen LogP contribution in [0.25, 0.3) is 0 Å². The van der Waals surface area contributed by atoms with E-state index in [-0.39, 0.29) is 11.6 Å². The smallest absolute Gasteiger partial charge is 0.278 e. The molecule has 1 aromatic carbocycles. The van der Waals surface area contributed by atoms with Gasteiger partial charge in [-0.05, 0) is 31.2 Å². The molecule has 1 aromatic heterocycles. The Morgan fingerprint density at radius 1 is 1.40 bits per heavy atom. The lowest BCUT2D eigenvalue weighted by Gasteiger charge is -2.12. The van der Waals surface area contributed by atoms with Gasteiger partial charge in [0.05, 0.1) is 12.8 Å². The number of nitrogens with two attached hydrogens (primary N) is 1. The third-order valence-electron chi connectivity index (χ3n) is 2.60. The van der Waals surface area contributed by atoms with Gasteiger partial charge >= 0.3 is 0 Å². The molecule has 0 fully saturated rings. The van der Waals surface area contributed by atoms with Crippen molar-refractivity contribution in [2.75, 3.05) is 11.3 Å². The molecule has 0 aliphatic carbocycles. The summed E-state index contributed by atoms with van der Waals surface area (Å²) >= 11 is 0. The molecule has 0 aliphatic rings. The lowest BCUT2D eigenvalue weighted by Crippen LogP contribution is -2.14. The van der Waals surface area contributed by atoms with Crippen LogP contribution < -0.4 is 15.2 Å². The van der Waals surface area contributed by atoms with Gasteiger partial charge < -0.3 is 10.5 Å². The first-order valence-corrected chi connectivity index (χ1v) is 7.53. The summed E-state index contributed by atoms with van der Waals surface area (Å²) < 4.78 is 31.9. The normalized spacial score (nSPS) is 11.3. The predicted molar refractivity (Wildman–Crippen MR) is 74.9 cm³/mol. The van der Waals surface area contributed by atoms with Crippen molar-refractivity contribution in [3.8, 4) is 5.75 Å². The van der Waals surface area contributed by atoms with E-state index in [1.807, 2.05) is 6.92 Å². The van der Waals surface area contributed by atoms with Crippen LogP contribution in [-0.2, 0) is 16.6 Å². The van der Waals surface area contributed by atoms with Crippen LogP contribution in [0, 0.1) is 0 Å². The topological polar surface area (TPSA) is 110 Å². The highest BCUT2D eigenvalue weighted by atomic mass is 32.2.